The van der Waals surface area contributed by atoms with Crippen molar-refractivity contribution in [2.24, 2.45) is 0 Å². The number of amides is 1. The van der Waals surface area contributed by atoms with Crippen LogP contribution >= 0.6 is 11.6 Å². The minimum absolute atomic E-state index is 0.0202. The molecule has 0 radical (unpaired) electrons. The van der Waals surface area contributed by atoms with Gasteiger partial charge < -0.3 is 14.6 Å². The van der Waals surface area contributed by atoms with Crippen LogP contribution in [0.1, 0.15) is 43.9 Å². The topological polar surface area (TPSA) is 122 Å². The monoisotopic (exact) mass is 664 g/mol. The Labute approximate surface area is 266 Å². The normalized spacial score (nSPS) is 18.8. The first-order valence-electron chi connectivity index (χ1n) is 14.1. The van der Waals surface area contributed by atoms with Crippen LogP contribution in [0, 0.1) is 6.92 Å². The molecule has 3 aromatic rings. The second kappa shape index (κ2) is 13.0. The quantitative estimate of drug-likeness (QED) is 0.294. The van der Waals surface area contributed by atoms with Gasteiger partial charge in [-0.05, 0) is 70.0 Å². The standard InChI is InChI=1S/C32H35ClF2N2O7S/c1-21-10-13-24(14-11-21)45(41,42)36-26(18-22-8-6-5-7-9-22)28(38)43-20-31(40)25-19-23(33)12-15-27(25)37(17-16-32(31,34)35)29(39)44-30(2,3)4/h5-15,19,26,36,40H,16-18,20H2,1-4H3/t26-,31-/m0/s1. The summed E-state index contributed by atoms with van der Waals surface area (Å²) in [6, 6.07) is 16.6. The Bertz CT molecular complexity index is 1650. The number of nitrogens with one attached hydrogen (secondary N) is 1. The average molecular weight is 665 g/mol. The molecule has 0 saturated carbocycles. The van der Waals surface area contributed by atoms with Crippen LogP contribution < -0.4 is 9.62 Å². The first kappa shape index (κ1) is 34.3. The van der Waals surface area contributed by atoms with Crippen LogP contribution in [-0.2, 0) is 36.3 Å². The highest BCUT2D eigenvalue weighted by Crippen LogP contribution is 2.48. The summed E-state index contributed by atoms with van der Waals surface area (Å²) in [7, 11) is -4.25. The second-order valence-corrected chi connectivity index (χ2v) is 14.0. The van der Waals surface area contributed by atoms with Crippen molar-refractivity contribution in [1.29, 1.82) is 0 Å². The number of sulfonamides is 1. The largest absolute Gasteiger partial charge is 0.461 e. The molecule has 242 valence electrons. The van der Waals surface area contributed by atoms with Crippen LogP contribution in [0.2, 0.25) is 5.02 Å². The van der Waals surface area contributed by atoms with E-state index in [0.29, 0.717) is 5.56 Å². The van der Waals surface area contributed by atoms with Gasteiger partial charge in [0.2, 0.25) is 10.0 Å². The van der Waals surface area contributed by atoms with Gasteiger partial charge in [0, 0.05) is 23.6 Å². The number of rotatable bonds is 8. The summed E-state index contributed by atoms with van der Waals surface area (Å²) < 4.78 is 71.2. The Kier molecular flexibility index (Phi) is 9.93. The number of halogens is 3. The predicted octanol–water partition coefficient (Wildman–Crippen LogP) is 5.75. The minimum Gasteiger partial charge on any atom is -0.461 e. The summed E-state index contributed by atoms with van der Waals surface area (Å²) in [6.07, 6.45) is -2.11. The van der Waals surface area contributed by atoms with Crippen LogP contribution in [0.4, 0.5) is 19.3 Å². The van der Waals surface area contributed by atoms with Crippen LogP contribution in [0.3, 0.4) is 0 Å². The van der Waals surface area contributed by atoms with Crippen LogP contribution in [0.5, 0.6) is 0 Å². The Morgan fingerprint density at radius 3 is 2.33 bits per heavy atom. The number of aliphatic hydroxyl groups is 1. The molecular formula is C32H35ClF2N2O7S. The smallest absolute Gasteiger partial charge is 0.414 e. The fourth-order valence-corrected chi connectivity index (χ4v) is 6.17. The first-order chi connectivity index (χ1) is 20.9. The van der Waals surface area contributed by atoms with Gasteiger partial charge in [-0.3, -0.25) is 9.69 Å². The van der Waals surface area contributed by atoms with Crippen LogP contribution in [0.15, 0.2) is 77.7 Å². The lowest BCUT2D eigenvalue weighted by Gasteiger charge is -2.35. The third-order valence-corrected chi connectivity index (χ3v) is 8.91. The molecule has 0 bridgehead atoms. The fraction of sp³-hybridized carbons (Fsp3) is 0.375. The van der Waals surface area contributed by atoms with Gasteiger partial charge in [0.25, 0.3) is 5.92 Å². The number of hydrogen-bond acceptors (Lipinski definition) is 7. The number of hydrogen-bond donors (Lipinski definition) is 2. The van der Waals surface area contributed by atoms with Crippen molar-refractivity contribution in [1.82, 2.24) is 4.72 Å². The molecule has 2 N–H and O–H groups in total. The summed E-state index contributed by atoms with van der Waals surface area (Å²) >= 11 is 6.15. The summed E-state index contributed by atoms with van der Waals surface area (Å²) in [6.45, 7) is 4.84. The van der Waals surface area contributed by atoms with Crippen molar-refractivity contribution in [2.75, 3.05) is 18.1 Å². The Hall–Kier alpha value is -3.58. The lowest BCUT2D eigenvalue weighted by Crippen LogP contribution is -2.51. The summed E-state index contributed by atoms with van der Waals surface area (Å²) in [5, 5.41) is 11.6. The zero-order valence-corrected chi connectivity index (χ0v) is 26.8. The molecule has 1 amide bonds. The molecule has 4 rings (SSSR count). The highest BCUT2D eigenvalue weighted by atomic mass is 35.5. The molecule has 3 aromatic carbocycles. The molecule has 1 heterocycles. The lowest BCUT2D eigenvalue weighted by molar-refractivity contribution is -0.214. The third kappa shape index (κ3) is 7.99. The van der Waals surface area contributed by atoms with Crippen molar-refractivity contribution < 1.29 is 41.4 Å². The maximum atomic E-state index is 15.8. The van der Waals surface area contributed by atoms with Crippen molar-refractivity contribution >= 4 is 39.4 Å². The van der Waals surface area contributed by atoms with E-state index in [9.17, 15) is 23.1 Å². The number of fused-ring (bicyclic) bond motifs is 1. The van der Waals surface area contributed by atoms with Gasteiger partial charge in [0.15, 0.2) is 5.60 Å². The van der Waals surface area contributed by atoms with Gasteiger partial charge in [0.05, 0.1) is 10.6 Å². The zero-order valence-electron chi connectivity index (χ0n) is 25.2. The molecule has 1 aliphatic rings. The molecule has 13 heteroatoms. The van der Waals surface area contributed by atoms with Gasteiger partial charge in [0.1, 0.15) is 18.2 Å². The highest BCUT2D eigenvalue weighted by Gasteiger charge is 2.58. The maximum absolute atomic E-state index is 15.8. The van der Waals surface area contributed by atoms with Gasteiger partial charge in [-0.2, -0.15) is 4.72 Å². The molecular weight excluding hydrogens is 630 g/mol. The van der Waals surface area contributed by atoms with Crippen LogP contribution in [0.25, 0.3) is 0 Å². The van der Waals surface area contributed by atoms with E-state index < -0.39 is 70.4 Å². The number of carbonyl (C=O) groups is 2. The Morgan fingerprint density at radius 1 is 1.07 bits per heavy atom. The molecule has 0 aromatic heterocycles. The number of esters is 1. The molecule has 0 saturated heterocycles. The van der Waals surface area contributed by atoms with Gasteiger partial charge >= 0.3 is 12.1 Å². The van der Waals surface area contributed by atoms with E-state index in [-0.39, 0.29) is 22.0 Å². The summed E-state index contributed by atoms with van der Waals surface area (Å²) in [5.74, 6) is -5.13. The van der Waals surface area contributed by atoms with E-state index in [4.69, 9.17) is 21.1 Å². The third-order valence-electron chi connectivity index (χ3n) is 7.18. The highest BCUT2D eigenvalue weighted by molar-refractivity contribution is 7.89. The van der Waals surface area contributed by atoms with Crippen molar-refractivity contribution in [3.8, 4) is 0 Å². The molecule has 1 aliphatic heterocycles. The van der Waals surface area contributed by atoms with E-state index >= 15 is 8.78 Å². The van der Waals surface area contributed by atoms with Crippen LogP contribution in [-0.4, -0.2) is 56.3 Å². The zero-order chi connectivity index (χ0) is 33.2. The van der Waals surface area contributed by atoms with Gasteiger partial charge in [-0.1, -0.05) is 59.6 Å². The average Bonchev–Trinajstić information content (AvgIpc) is 3.03. The molecule has 45 heavy (non-hydrogen) atoms. The number of benzene rings is 3. The second-order valence-electron chi connectivity index (χ2n) is 11.9. The summed E-state index contributed by atoms with van der Waals surface area (Å²) in [4.78, 5) is 27.4. The van der Waals surface area contributed by atoms with Crippen molar-refractivity contribution in [3.63, 3.8) is 0 Å². The van der Waals surface area contributed by atoms with Crippen molar-refractivity contribution in [3.05, 3.63) is 94.5 Å². The molecule has 9 nitrogen and oxygen atoms in total. The van der Waals surface area contributed by atoms with Crippen molar-refractivity contribution in [2.45, 2.75) is 68.6 Å². The molecule has 0 fully saturated rings. The molecule has 0 spiro atoms. The lowest BCUT2D eigenvalue weighted by atomic mass is 9.86. The Balaban J connectivity index is 1.67. The fourth-order valence-electron chi connectivity index (χ4n) is 4.81. The Morgan fingerprint density at radius 2 is 1.71 bits per heavy atom. The molecule has 0 unspecified atom stereocenters. The number of nitrogens with zero attached hydrogens (tertiary/aromatic N) is 1. The van der Waals surface area contributed by atoms with E-state index in [1.165, 1.54) is 24.3 Å². The number of alkyl halides is 2. The summed E-state index contributed by atoms with van der Waals surface area (Å²) in [5.41, 5.74) is -3.27. The SMILES string of the molecule is Cc1ccc(S(=O)(=O)N[C@@H](Cc2ccccc2)C(=O)OC[C@]2(O)c3cc(Cl)ccc3N(C(=O)OC(C)(C)C)CCC2(F)F)cc1. The number of carbonyl (C=O) groups excluding carboxylic acids is 2. The molecule has 0 aliphatic carbocycles. The van der Waals surface area contributed by atoms with E-state index in [2.05, 4.69) is 4.72 Å². The molecule has 2 atom stereocenters. The minimum atomic E-state index is -4.25. The number of ether oxygens (including phenoxy) is 2. The van der Waals surface area contributed by atoms with Gasteiger partial charge in [-0.25, -0.2) is 22.0 Å². The number of aryl methyl sites for hydroxylation is 1. The maximum Gasteiger partial charge on any atom is 0.414 e. The number of anilines is 1. The van der Waals surface area contributed by atoms with E-state index in [1.807, 2.05) is 0 Å². The van der Waals surface area contributed by atoms with E-state index in [1.54, 1.807) is 70.2 Å². The van der Waals surface area contributed by atoms with E-state index in [0.717, 1.165) is 16.5 Å². The first-order valence-corrected chi connectivity index (χ1v) is 16.0. The predicted molar refractivity (Wildman–Crippen MR) is 165 cm³/mol. The van der Waals surface area contributed by atoms with Gasteiger partial charge in [-0.15, -0.1) is 0 Å².